The Balaban J connectivity index is 2.40. The van der Waals surface area contributed by atoms with Gasteiger partial charge in [-0.1, -0.05) is 15.9 Å². The number of hydrogen-bond donors (Lipinski definition) is 1. The Morgan fingerprint density at radius 1 is 1.19 bits per heavy atom. The van der Waals surface area contributed by atoms with E-state index in [-0.39, 0.29) is 5.56 Å². The van der Waals surface area contributed by atoms with Crippen LogP contribution in [-0.2, 0) is 0 Å². The molecule has 6 nitrogen and oxygen atoms in total. The number of ether oxygens (including phenoxy) is 2. The summed E-state index contributed by atoms with van der Waals surface area (Å²) in [6, 6.07) is 6.52. The molecule has 2 rings (SSSR count). The zero-order valence-corrected chi connectivity index (χ0v) is 13.6. The number of aromatic nitrogens is 2. The second-order valence-electron chi connectivity index (χ2n) is 3.78. The molecule has 1 aromatic carbocycles. The largest absolute Gasteiger partial charge is 0.481 e. The summed E-state index contributed by atoms with van der Waals surface area (Å²) in [5, 5.41) is 9.59. The molecule has 0 saturated carbocycles. The topological polar surface area (TPSA) is 81.5 Å². The van der Waals surface area contributed by atoms with Gasteiger partial charge in [0, 0.05) is 9.37 Å². The van der Waals surface area contributed by atoms with Crippen LogP contribution in [0.1, 0.15) is 10.4 Å². The summed E-state index contributed by atoms with van der Waals surface area (Å²) >= 11 is 4.38. The van der Waals surface area contributed by atoms with Gasteiger partial charge in [0.2, 0.25) is 11.8 Å². The summed E-state index contributed by atoms with van der Waals surface area (Å²) in [6.45, 7) is 0. The van der Waals surface area contributed by atoms with Crippen molar-refractivity contribution in [1.29, 1.82) is 0 Å². The van der Waals surface area contributed by atoms with E-state index in [1.54, 1.807) is 18.2 Å². The van der Waals surface area contributed by atoms with Crippen LogP contribution in [0, 0.1) is 0 Å². The number of nitrogens with zero attached hydrogens (tertiary/aromatic N) is 2. The molecule has 2 aromatic rings. The first-order chi connectivity index (χ1) is 10.0. The van der Waals surface area contributed by atoms with E-state index in [4.69, 9.17) is 9.47 Å². The van der Waals surface area contributed by atoms with Gasteiger partial charge >= 0.3 is 5.97 Å². The fourth-order valence-electron chi connectivity index (χ4n) is 1.50. The van der Waals surface area contributed by atoms with Crippen LogP contribution in [-0.4, -0.2) is 35.3 Å². The van der Waals surface area contributed by atoms with Gasteiger partial charge in [-0.15, -0.1) is 0 Å². The van der Waals surface area contributed by atoms with Gasteiger partial charge in [0.05, 0.1) is 25.8 Å². The lowest BCUT2D eigenvalue weighted by Crippen LogP contribution is -2.00. The highest BCUT2D eigenvalue weighted by Crippen LogP contribution is 2.32. The summed E-state index contributed by atoms with van der Waals surface area (Å²) in [6.07, 6.45) is 0. The van der Waals surface area contributed by atoms with Gasteiger partial charge in [-0.2, -0.15) is 9.97 Å². The van der Waals surface area contributed by atoms with E-state index < -0.39 is 5.97 Å². The second-order valence-corrected chi connectivity index (χ2v) is 5.71. The highest BCUT2D eigenvalue weighted by Gasteiger charge is 2.14. The molecule has 1 heterocycles. The number of methoxy groups -OCH3 is 2. The third-order valence-electron chi connectivity index (χ3n) is 2.45. The number of halogens is 1. The lowest BCUT2D eigenvalue weighted by molar-refractivity contribution is 0.0693. The van der Waals surface area contributed by atoms with Crippen LogP contribution in [0.5, 0.6) is 11.8 Å². The van der Waals surface area contributed by atoms with Crippen LogP contribution >= 0.6 is 27.7 Å². The van der Waals surface area contributed by atoms with E-state index in [0.717, 1.165) is 11.8 Å². The predicted octanol–water partition coefficient (Wildman–Crippen LogP) is 3.11. The molecule has 0 spiro atoms. The Labute approximate surface area is 133 Å². The van der Waals surface area contributed by atoms with Crippen molar-refractivity contribution in [3.8, 4) is 11.8 Å². The average Bonchev–Trinajstić information content (AvgIpc) is 2.48. The van der Waals surface area contributed by atoms with Crippen molar-refractivity contribution >= 4 is 33.7 Å². The normalized spacial score (nSPS) is 10.2. The smallest absolute Gasteiger partial charge is 0.336 e. The maximum atomic E-state index is 11.3. The Morgan fingerprint density at radius 2 is 1.81 bits per heavy atom. The molecule has 0 unspecified atom stereocenters. The first kappa shape index (κ1) is 15.6. The maximum Gasteiger partial charge on any atom is 0.336 e. The maximum absolute atomic E-state index is 11.3. The summed E-state index contributed by atoms with van der Waals surface area (Å²) in [5.74, 6) is -0.328. The number of carboxylic acids is 1. The number of hydrogen-bond acceptors (Lipinski definition) is 6. The van der Waals surface area contributed by atoms with Crippen molar-refractivity contribution in [1.82, 2.24) is 9.97 Å². The fourth-order valence-corrected chi connectivity index (χ4v) is 2.72. The Hall–Kier alpha value is -1.80. The van der Waals surface area contributed by atoms with Gasteiger partial charge in [-0.25, -0.2) is 4.79 Å². The van der Waals surface area contributed by atoms with Crippen LogP contribution in [0.4, 0.5) is 0 Å². The van der Waals surface area contributed by atoms with Crippen LogP contribution in [0.15, 0.2) is 38.8 Å². The van der Waals surface area contributed by atoms with Gasteiger partial charge in [0.15, 0.2) is 5.16 Å². The van der Waals surface area contributed by atoms with Gasteiger partial charge in [-0.3, -0.25) is 0 Å². The minimum Gasteiger partial charge on any atom is -0.481 e. The molecule has 1 N–H and O–H groups in total. The van der Waals surface area contributed by atoms with E-state index in [1.165, 1.54) is 20.3 Å². The van der Waals surface area contributed by atoms with Crippen molar-refractivity contribution in [2.75, 3.05) is 14.2 Å². The Morgan fingerprint density at radius 3 is 2.33 bits per heavy atom. The Kier molecular flexibility index (Phi) is 5.03. The molecule has 21 heavy (non-hydrogen) atoms. The molecule has 8 heteroatoms. The Bertz CT molecular complexity index is 659. The van der Waals surface area contributed by atoms with E-state index in [9.17, 15) is 9.90 Å². The lowest BCUT2D eigenvalue weighted by Gasteiger charge is -2.08. The van der Waals surface area contributed by atoms with Crippen LogP contribution in [0.3, 0.4) is 0 Å². The molecule has 0 amide bonds. The fraction of sp³-hybridized carbons (Fsp3) is 0.154. The zero-order chi connectivity index (χ0) is 15.4. The summed E-state index contributed by atoms with van der Waals surface area (Å²) < 4.78 is 10.8. The summed E-state index contributed by atoms with van der Waals surface area (Å²) in [5.41, 5.74) is 0.166. The minimum absolute atomic E-state index is 0.166. The first-order valence-electron chi connectivity index (χ1n) is 5.71. The molecule has 0 aliphatic carbocycles. The van der Waals surface area contributed by atoms with Gasteiger partial charge in [0.25, 0.3) is 0 Å². The molecule has 0 saturated heterocycles. The number of carbonyl (C=O) groups is 1. The van der Waals surface area contributed by atoms with Gasteiger partial charge in [0.1, 0.15) is 0 Å². The number of benzene rings is 1. The molecule has 1 aromatic heterocycles. The average molecular weight is 371 g/mol. The van der Waals surface area contributed by atoms with E-state index in [2.05, 4.69) is 25.9 Å². The molecule has 110 valence electrons. The quantitative estimate of drug-likeness (QED) is 0.809. The van der Waals surface area contributed by atoms with Gasteiger partial charge in [-0.05, 0) is 30.0 Å². The number of aromatic carboxylic acids is 1. The summed E-state index contributed by atoms with van der Waals surface area (Å²) in [4.78, 5) is 20.1. The third kappa shape index (κ3) is 3.85. The molecule has 0 aliphatic heterocycles. The van der Waals surface area contributed by atoms with E-state index >= 15 is 0 Å². The van der Waals surface area contributed by atoms with Crippen molar-refractivity contribution in [2.24, 2.45) is 0 Å². The SMILES string of the molecule is COc1cc(OC)nc(Sc2ccc(Br)cc2C(=O)O)n1. The minimum atomic E-state index is -1.02. The van der Waals surface area contributed by atoms with Crippen molar-refractivity contribution in [2.45, 2.75) is 10.1 Å². The number of rotatable bonds is 5. The molecule has 0 bridgehead atoms. The molecular formula is C13H11BrN2O4S. The van der Waals surface area contributed by atoms with E-state index in [0.29, 0.717) is 26.3 Å². The second kappa shape index (κ2) is 6.77. The van der Waals surface area contributed by atoms with Gasteiger partial charge < -0.3 is 14.6 Å². The van der Waals surface area contributed by atoms with Crippen molar-refractivity contribution < 1.29 is 19.4 Å². The monoisotopic (exact) mass is 370 g/mol. The molecule has 0 fully saturated rings. The molecular weight excluding hydrogens is 360 g/mol. The highest BCUT2D eigenvalue weighted by atomic mass is 79.9. The van der Waals surface area contributed by atoms with E-state index in [1.807, 2.05) is 0 Å². The standard InChI is InChI=1S/C13H11BrN2O4S/c1-19-10-6-11(20-2)16-13(15-10)21-9-4-3-7(14)5-8(9)12(17)18/h3-6H,1-2H3,(H,17,18). The van der Waals surface area contributed by atoms with Crippen molar-refractivity contribution in [3.05, 3.63) is 34.3 Å². The molecule has 0 aliphatic rings. The van der Waals surface area contributed by atoms with Crippen LogP contribution in [0.2, 0.25) is 0 Å². The van der Waals surface area contributed by atoms with Crippen LogP contribution < -0.4 is 9.47 Å². The number of carboxylic acid groups (broad SMARTS) is 1. The summed E-state index contributed by atoms with van der Waals surface area (Å²) in [7, 11) is 2.97. The first-order valence-corrected chi connectivity index (χ1v) is 7.32. The zero-order valence-electron chi connectivity index (χ0n) is 11.2. The van der Waals surface area contributed by atoms with Crippen LogP contribution in [0.25, 0.3) is 0 Å². The predicted molar refractivity (Wildman–Crippen MR) is 80.4 cm³/mol. The lowest BCUT2D eigenvalue weighted by atomic mass is 10.2. The van der Waals surface area contributed by atoms with Crippen molar-refractivity contribution in [3.63, 3.8) is 0 Å². The third-order valence-corrected chi connectivity index (χ3v) is 3.88. The highest BCUT2D eigenvalue weighted by molar-refractivity contribution is 9.10. The molecule has 0 radical (unpaired) electrons. The molecule has 0 atom stereocenters.